The summed E-state index contributed by atoms with van der Waals surface area (Å²) in [5.74, 6) is -0.723. The number of hydrogen-bond acceptors (Lipinski definition) is 4. The zero-order valence-corrected chi connectivity index (χ0v) is 14.4. The summed E-state index contributed by atoms with van der Waals surface area (Å²) in [6, 6.07) is 13.2. The van der Waals surface area contributed by atoms with Gasteiger partial charge in [0.15, 0.2) is 0 Å². The van der Waals surface area contributed by atoms with Gasteiger partial charge in [0.25, 0.3) is 0 Å². The van der Waals surface area contributed by atoms with Crippen LogP contribution in [0.2, 0.25) is 0 Å². The van der Waals surface area contributed by atoms with Crippen LogP contribution in [0.25, 0.3) is 10.8 Å². The quantitative estimate of drug-likeness (QED) is 0.583. The van der Waals surface area contributed by atoms with Crippen molar-refractivity contribution in [2.75, 3.05) is 7.05 Å². The van der Waals surface area contributed by atoms with E-state index in [1.165, 1.54) is 0 Å². The Kier molecular flexibility index (Phi) is 6.37. The first-order chi connectivity index (χ1) is 11.4. The van der Waals surface area contributed by atoms with Crippen molar-refractivity contribution in [3.8, 4) is 0 Å². The van der Waals surface area contributed by atoms with Crippen molar-refractivity contribution in [1.29, 1.82) is 0 Å². The minimum atomic E-state index is -1.58. The molecule has 2 rings (SSSR count). The number of rotatable bonds is 7. The smallest absolute Gasteiger partial charge is 0.426 e. The Morgan fingerprint density at radius 2 is 1.79 bits per heavy atom. The molecule has 6 heteroatoms. The molecule has 24 heavy (non-hydrogen) atoms. The maximum absolute atomic E-state index is 12.7. The number of carbonyl (C=O) groups is 1. The third-order valence-electron chi connectivity index (χ3n) is 4.10. The lowest BCUT2D eigenvalue weighted by atomic mass is 9.75. The number of likely N-dealkylation sites (N-methyl/N-ethyl adjacent to an activating group) is 1. The van der Waals surface area contributed by atoms with Gasteiger partial charge in [-0.15, -0.1) is 0 Å². The molecule has 2 aromatic carbocycles. The number of hydrogen-bond donors (Lipinski definition) is 4. The van der Waals surface area contributed by atoms with Crippen molar-refractivity contribution in [2.24, 2.45) is 5.92 Å². The Labute approximate surface area is 143 Å². The van der Waals surface area contributed by atoms with Gasteiger partial charge in [-0.1, -0.05) is 56.3 Å². The van der Waals surface area contributed by atoms with Crippen molar-refractivity contribution in [3.63, 3.8) is 0 Å². The van der Waals surface area contributed by atoms with Gasteiger partial charge in [-0.3, -0.25) is 4.79 Å². The predicted octanol–water partition coefficient (Wildman–Crippen LogP) is 1.64. The molecule has 0 aliphatic rings. The van der Waals surface area contributed by atoms with Crippen LogP contribution in [0, 0.1) is 5.92 Å². The van der Waals surface area contributed by atoms with Crippen LogP contribution in [0.1, 0.15) is 31.9 Å². The van der Waals surface area contributed by atoms with Crippen LogP contribution in [0.4, 0.5) is 0 Å². The number of amides is 1. The predicted molar refractivity (Wildman–Crippen MR) is 97.3 cm³/mol. The SMILES string of the molecule is CNC(C(=O)NC(CC(C)C)B(O)O)c1cccc2ccccc12. The van der Waals surface area contributed by atoms with Gasteiger partial charge >= 0.3 is 7.12 Å². The van der Waals surface area contributed by atoms with E-state index in [4.69, 9.17) is 0 Å². The summed E-state index contributed by atoms with van der Waals surface area (Å²) in [7, 11) is 0.139. The van der Waals surface area contributed by atoms with E-state index in [0.717, 1.165) is 16.3 Å². The molecule has 2 atom stereocenters. The first kappa shape index (κ1) is 18.5. The molecule has 0 aromatic heterocycles. The Morgan fingerprint density at radius 1 is 1.12 bits per heavy atom. The van der Waals surface area contributed by atoms with Crippen molar-refractivity contribution in [2.45, 2.75) is 32.3 Å². The summed E-state index contributed by atoms with van der Waals surface area (Å²) in [6.07, 6.45) is 0.495. The summed E-state index contributed by atoms with van der Waals surface area (Å²) in [6.45, 7) is 3.95. The highest BCUT2D eigenvalue weighted by Gasteiger charge is 2.29. The van der Waals surface area contributed by atoms with E-state index in [1.807, 2.05) is 56.3 Å². The number of nitrogens with one attached hydrogen (secondary N) is 2. The molecule has 0 aliphatic carbocycles. The molecule has 0 heterocycles. The molecule has 128 valence electrons. The second-order valence-electron chi connectivity index (χ2n) is 6.45. The molecule has 5 nitrogen and oxygen atoms in total. The van der Waals surface area contributed by atoms with Crippen molar-refractivity contribution >= 4 is 23.8 Å². The molecular formula is C18H25BN2O3. The van der Waals surface area contributed by atoms with E-state index in [0.29, 0.717) is 6.42 Å². The zero-order chi connectivity index (χ0) is 17.7. The molecule has 0 radical (unpaired) electrons. The summed E-state index contributed by atoms with van der Waals surface area (Å²) >= 11 is 0. The van der Waals surface area contributed by atoms with E-state index in [2.05, 4.69) is 10.6 Å². The Morgan fingerprint density at radius 3 is 2.42 bits per heavy atom. The normalized spacial score (nSPS) is 13.8. The maximum atomic E-state index is 12.7. The van der Waals surface area contributed by atoms with Gasteiger partial charge in [0.2, 0.25) is 5.91 Å². The molecular weight excluding hydrogens is 303 g/mol. The molecule has 0 fully saturated rings. The molecule has 0 aliphatic heterocycles. The summed E-state index contributed by atoms with van der Waals surface area (Å²) in [5.41, 5.74) is 0.865. The van der Waals surface area contributed by atoms with Gasteiger partial charge in [0, 0.05) is 0 Å². The Hall–Kier alpha value is -1.89. The second-order valence-corrected chi connectivity index (χ2v) is 6.45. The first-order valence-corrected chi connectivity index (χ1v) is 8.25. The average Bonchev–Trinajstić information content (AvgIpc) is 2.54. The van der Waals surface area contributed by atoms with E-state index in [1.54, 1.807) is 7.05 Å². The molecule has 1 amide bonds. The molecule has 0 spiro atoms. The lowest BCUT2D eigenvalue weighted by Crippen LogP contribution is -2.50. The van der Waals surface area contributed by atoms with Crippen molar-refractivity contribution in [1.82, 2.24) is 10.6 Å². The minimum absolute atomic E-state index is 0.239. The Bertz CT molecular complexity index is 686. The minimum Gasteiger partial charge on any atom is -0.426 e. The fraction of sp³-hybridized carbons (Fsp3) is 0.389. The zero-order valence-electron chi connectivity index (χ0n) is 14.4. The topological polar surface area (TPSA) is 81.6 Å². The van der Waals surface area contributed by atoms with Crippen LogP contribution in [-0.4, -0.2) is 36.1 Å². The monoisotopic (exact) mass is 328 g/mol. The highest BCUT2D eigenvalue weighted by molar-refractivity contribution is 6.43. The molecule has 4 N–H and O–H groups in total. The number of carbonyl (C=O) groups excluding carboxylic acids is 1. The van der Waals surface area contributed by atoms with Gasteiger partial charge in [-0.25, -0.2) is 0 Å². The van der Waals surface area contributed by atoms with Gasteiger partial charge in [-0.05, 0) is 35.7 Å². The summed E-state index contributed by atoms with van der Waals surface area (Å²) < 4.78 is 0. The first-order valence-electron chi connectivity index (χ1n) is 8.25. The standard InChI is InChI=1S/C18H25BN2O3/c1-12(2)11-16(19(23)24)21-18(22)17(20-3)15-10-6-8-13-7-4-5-9-14(13)15/h4-10,12,16-17,20,23-24H,11H2,1-3H3,(H,21,22). The largest absolute Gasteiger partial charge is 0.475 e. The molecule has 2 aromatic rings. The van der Waals surface area contributed by atoms with E-state index < -0.39 is 19.1 Å². The molecule has 0 saturated carbocycles. The van der Waals surface area contributed by atoms with Gasteiger partial charge in [0.05, 0.1) is 5.94 Å². The van der Waals surface area contributed by atoms with E-state index in [-0.39, 0.29) is 11.8 Å². The lowest BCUT2D eigenvalue weighted by molar-refractivity contribution is -0.123. The van der Waals surface area contributed by atoms with Gasteiger partial charge in [0.1, 0.15) is 6.04 Å². The second kappa shape index (κ2) is 8.28. The lowest BCUT2D eigenvalue weighted by Gasteiger charge is -2.24. The molecule has 0 saturated heterocycles. The number of fused-ring (bicyclic) bond motifs is 1. The van der Waals surface area contributed by atoms with Gasteiger partial charge in [-0.2, -0.15) is 0 Å². The third-order valence-corrected chi connectivity index (χ3v) is 4.10. The highest BCUT2D eigenvalue weighted by atomic mass is 16.4. The van der Waals surface area contributed by atoms with E-state index >= 15 is 0 Å². The highest BCUT2D eigenvalue weighted by Crippen LogP contribution is 2.24. The van der Waals surface area contributed by atoms with Crippen molar-refractivity contribution in [3.05, 3.63) is 48.0 Å². The summed E-state index contributed by atoms with van der Waals surface area (Å²) in [5, 5.41) is 26.9. The number of benzene rings is 2. The molecule has 2 unspecified atom stereocenters. The van der Waals surface area contributed by atoms with Crippen molar-refractivity contribution < 1.29 is 14.8 Å². The fourth-order valence-electron chi connectivity index (χ4n) is 2.96. The third kappa shape index (κ3) is 4.35. The summed E-state index contributed by atoms with van der Waals surface area (Å²) in [4.78, 5) is 12.7. The fourth-order valence-corrected chi connectivity index (χ4v) is 2.96. The molecule has 0 bridgehead atoms. The maximum Gasteiger partial charge on any atom is 0.475 e. The van der Waals surface area contributed by atoms with Crippen LogP contribution >= 0.6 is 0 Å². The van der Waals surface area contributed by atoms with Crippen LogP contribution in [0.5, 0.6) is 0 Å². The average molecular weight is 328 g/mol. The van der Waals surface area contributed by atoms with Crippen LogP contribution in [-0.2, 0) is 4.79 Å². The van der Waals surface area contributed by atoms with Gasteiger partial charge < -0.3 is 20.7 Å². The van der Waals surface area contributed by atoms with Crippen LogP contribution in [0.3, 0.4) is 0 Å². The van der Waals surface area contributed by atoms with E-state index in [9.17, 15) is 14.8 Å². The Balaban J connectivity index is 2.28. The van der Waals surface area contributed by atoms with Crippen LogP contribution in [0.15, 0.2) is 42.5 Å². The van der Waals surface area contributed by atoms with Crippen LogP contribution < -0.4 is 10.6 Å².